The fourth-order valence-electron chi connectivity index (χ4n) is 4.75. The van der Waals surface area contributed by atoms with Gasteiger partial charge in [0.1, 0.15) is 11.9 Å². The number of hydrogen-bond donors (Lipinski definition) is 2. The zero-order chi connectivity index (χ0) is 29.7. The summed E-state index contributed by atoms with van der Waals surface area (Å²) in [6.07, 6.45) is 17.8. The number of Topliss-reactive ketones (excluding diaryl/α,β-unsaturated/α-hetero) is 1. The van der Waals surface area contributed by atoms with Gasteiger partial charge in [-0.1, -0.05) is 94.7 Å². The van der Waals surface area contributed by atoms with Gasteiger partial charge >= 0.3 is 11.9 Å². The summed E-state index contributed by atoms with van der Waals surface area (Å²) in [6, 6.07) is 0. The molecule has 0 aromatic heterocycles. The molecule has 0 radical (unpaired) electrons. The van der Waals surface area contributed by atoms with E-state index in [1.54, 1.807) is 13.8 Å². The van der Waals surface area contributed by atoms with Gasteiger partial charge in [0.15, 0.2) is 0 Å². The number of hydrogen-bond acceptors (Lipinski definition) is 5. The number of carboxylic acids is 1. The Morgan fingerprint density at radius 3 is 2.38 bits per heavy atom. The monoisotopic (exact) mass is 540 g/mol. The molecule has 6 heteroatoms. The van der Waals surface area contributed by atoms with E-state index in [0.29, 0.717) is 17.9 Å². The first kappa shape index (κ1) is 34.0. The minimum absolute atomic E-state index is 0.0360. The highest BCUT2D eigenvalue weighted by atomic mass is 16.5. The summed E-state index contributed by atoms with van der Waals surface area (Å²) < 4.78 is 5.39. The third kappa shape index (κ3) is 12.6. The predicted molar refractivity (Wildman–Crippen MR) is 157 cm³/mol. The Bertz CT molecular complexity index is 1020. The van der Waals surface area contributed by atoms with Gasteiger partial charge in [-0.15, -0.1) is 0 Å². The first-order chi connectivity index (χ1) is 18.2. The van der Waals surface area contributed by atoms with Crippen LogP contribution < -0.4 is 0 Å². The second-order valence-corrected chi connectivity index (χ2v) is 11.1. The van der Waals surface area contributed by atoms with Crippen molar-refractivity contribution in [2.75, 3.05) is 0 Å². The molecule has 2 N–H and O–H groups in total. The fraction of sp³-hybridized carbons (Fsp3) is 0.545. The summed E-state index contributed by atoms with van der Waals surface area (Å²) in [5.74, 6) is -2.01. The summed E-state index contributed by atoms with van der Waals surface area (Å²) in [4.78, 5) is 35.3. The minimum Gasteiger partial charge on any atom is -0.478 e. The molecule has 0 aliphatic carbocycles. The zero-order valence-corrected chi connectivity index (χ0v) is 24.9. The van der Waals surface area contributed by atoms with Crippen LogP contribution in [0.2, 0.25) is 0 Å². The first-order valence-corrected chi connectivity index (χ1v) is 14.0. The quantitative estimate of drug-likeness (QED) is 0.135. The van der Waals surface area contributed by atoms with Gasteiger partial charge in [0.05, 0.1) is 6.10 Å². The average Bonchev–Trinajstić information content (AvgIpc) is 2.86. The van der Waals surface area contributed by atoms with Gasteiger partial charge in [-0.05, 0) is 51.0 Å². The predicted octanol–water partition coefficient (Wildman–Crippen LogP) is 6.78. The molecule has 0 saturated heterocycles. The Kier molecular flexibility index (Phi) is 14.7. The second-order valence-electron chi connectivity index (χ2n) is 11.1. The number of allylic oxidation sites excluding steroid dienone is 8. The Morgan fingerprint density at radius 2 is 1.77 bits per heavy atom. The highest BCUT2D eigenvalue weighted by Gasteiger charge is 2.29. The lowest BCUT2D eigenvalue weighted by atomic mass is 9.83. The second kappa shape index (κ2) is 16.9. The van der Waals surface area contributed by atoms with Crippen LogP contribution in [0.25, 0.3) is 0 Å². The number of carbonyl (C=O) groups excluding carboxylic acids is 2. The number of esters is 1. The molecule has 0 spiro atoms. The molecule has 6 nitrogen and oxygen atoms in total. The highest BCUT2D eigenvalue weighted by molar-refractivity contribution is 5.85. The zero-order valence-electron chi connectivity index (χ0n) is 24.9. The van der Waals surface area contributed by atoms with Gasteiger partial charge < -0.3 is 14.9 Å². The number of aliphatic carboxylic acids is 1. The van der Waals surface area contributed by atoms with E-state index in [1.165, 1.54) is 11.6 Å². The maximum Gasteiger partial charge on any atom is 0.331 e. The molecule has 0 aromatic rings. The van der Waals surface area contributed by atoms with E-state index >= 15 is 0 Å². The first-order valence-electron chi connectivity index (χ1n) is 14.0. The Balaban J connectivity index is 2.69. The lowest BCUT2D eigenvalue weighted by molar-refractivity contribution is -0.143. The standard InChI is InChI=1S/C33H48O6/c1-9-28(14-15-29-24(5)13-16-31(36)39-29)19-22(3)12-10-11-21(2)17-25(6)32(37)27(8)33(38)26(7)18-23(4)20-30(34)35/h10-11,13-17,19-20,22,24-27,29,33,38H,9,12,18H2,1-8H3,(H,34,35)/b11-10+,15-14-,21-17-,23-20+,28-19-/t22-,24-,25+,26-,27+,29-,33+/m0/s1. The van der Waals surface area contributed by atoms with Crippen molar-refractivity contribution in [2.24, 2.45) is 29.6 Å². The summed E-state index contributed by atoms with van der Waals surface area (Å²) in [5, 5.41) is 19.6. The molecule has 0 saturated carbocycles. The van der Waals surface area contributed by atoms with Crippen LogP contribution in [0.15, 0.2) is 71.4 Å². The van der Waals surface area contributed by atoms with Crippen molar-refractivity contribution in [1.82, 2.24) is 0 Å². The molecule has 216 valence electrons. The molecular formula is C33H48O6. The largest absolute Gasteiger partial charge is 0.478 e. The van der Waals surface area contributed by atoms with Crippen LogP contribution in [0.1, 0.15) is 74.7 Å². The summed E-state index contributed by atoms with van der Waals surface area (Å²) in [6.45, 7) is 15.4. The summed E-state index contributed by atoms with van der Waals surface area (Å²) >= 11 is 0. The van der Waals surface area contributed by atoms with Crippen LogP contribution in [0.3, 0.4) is 0 Å². The molecule has 1 aliphatic rings. The number of carbonyl (C=O) groups is 3. The van der Waals surface area contributed by atoms with Gasteiger partial charge in [-0.25, -0.2) is 9.59 Å². The average molecular weight is 541 g/mol. The molecule has 0 bridgehead atoms. The summed E-state index contributed by atoms with van der Waals surface area (Å²) in [7, 11) is 0. The SMILES string of the molecule is CCC(/C=C\[C@@H]1OC(=O)C=C[C@@H]1C)=C/[C@@H](C)C/C=C/C(C)=C\[C@@H](C)C(=O)[C@@H](C)[C@H](O)[C@@H](C)C/C(C)=C/C(=O)O. The van der Waals surface area contributed by atoms with E-state index in [4.69, 9.17) is 9.84 Å². The third-order valence-corrected chi connectivity index (χ3v) is 7.12. The molecule has 0 amide bonds. The van der Waals surface area contributed by atoms with Crippen LogP contribution in [-0.2, 0) is 19.1 Å². The van der Waals surface area contributed by atoms with Crippen molar-refractivity contribution in [2.45, 2.75) is 86.9 Å². The number of cyclic esters (lactones) is 1. The van der Waals surface area contributed by atoms with E-state index in [2.05, 4.69) is 26.0 Å². The lowest BCUT2D eigenvalue weighted by Crippen LogP contribution is -2.34. The minimum atomic E-state index is -1.01. The number of rotatable bonds is 15. The van der Waals surface area contributed by atoms with Crippen LogP contribution in [-0.4, -0.2) is 40.1 Å². The number of ether oxygens (including phenoxy) is 1. The van der Waals surface area contributed by atoms with Crippen molar-refractivity contribution in [3.05, 3.63) is 71.4 Å². The molecule has 0 fully saturated rings. The summed E-state index contributed by atoms with van der Waals surface area (Å²) in [5.41, 5.74) is 2.84. The Morgan fingerprint density at radius 1 is 1.10 bits per heavy atom. The van der Waals surface area contributed by atoms with Crippen molar-refractivity contribution in [3.8, 4) is 0 Å². The van der Waals surface area contributed by atoms with E-state index in [1.807, 2.05) is 58.1 Å². The van der Waals surface area contributed by atoms with Crippen molar-refractivity contribution >= 4 is 17.7 Å². The Labute approximate surface area is 234 Å². The molecule has 1 aliphatic heterocycles. The van der Waals surface area contributed by atoms with Gasteiger partial charge in [0.25, 0.3) is 0 Å². The van der Waals surface area contributed by atoms with Crippen molar-refractivity contribution in [1.29, 1.82) is 0 Å². The van der Waals surface area contributed by atoms with Crippen LogP contribution in [0.5, 0.6) is 0 Å². The van der Waals surface area contributed by atoms with Gasteiger partial charge in [0.2, 0.25) is 0 Å². The molecular weight excluding hydrogens is 492 g/mol. The van der Waals surface area contributed by atoms with Crippen LogP contribution in [0.4, 0.5) is 0 Å². The number of ketones is 1. The maximum atomic E-state index is 13.0. The highest BCUT2D eigenvalue weighted by Crippen LogP contribution is 2.24. The molecule has 39 heavy (non-hydrogen) atoms. The number of aliphatic hydroxyl groups excluding tert-OH is 1. The van der Waals surface area contributed by atoms with E-state index in [9.17, 15) is 19.5 Å². The smallest absolute Gasteiger partial charge is 0.331 e. The fourth-order valence-corrected chi connectivity index (χ4v) is 4.75. The number of aliphatic hydroxyl groups is 1. The third-order valence-electron chi connectivity index (χ3n) is 7.12. The van der Waals surface area contributed by atoms with E-state index in [0.717, 1.165) is 24.5 Å². The van der Waals surface area contributed by atoms with E-state index < -0.39 is 18.0 Å². The Hall–Kier alpha value is -2.99. The molecule has 0 unspecified atom stereocenters. The van der Waals surface area contributed by atoms with Gasteiger partial charge in [0, 0.05) is 29.9 Å². The number of carboxylic acid groups (broad SMARTS) is 1. The normalized spacial score (nSPS) is 23.0. The van der Waals surface area contributed by atoms with Gasteiger partial charge in [-0.3, -0.25) is 4.79 Å². The van der Waals surface area contributed by atoms with Crippen LogP contribution >= 0.6 is 0 Å². The van der Waals surface area contributed by atoms with E-state index in [-0.39, 0.29) is 35.6 Å². The van der Waals surface area contributed by atoms with Crippen molar-refractivity contribution < 1.29 is 29.3 Å². The molecule has 0 aromatic carbocycles. The van der Waals surface area contributed by atoms with Crippen molar-refractivity contribution in [3.63, 3.8) is 0 Å². The van der Waals surface area contributed by atoms with Crippen LogP contribution in [0, 0.1) is 29.6 Å². The molecule has 7 atom stereocenters. The lowest BCUT2D eigenvalue weighted by Gasteiger charge is -2.25. The molecule has 1 rings (SSSR count). The van der Waals surface area contributed by atoms with Gasteiger partial charge in [-0.2, -0.15) is 0 Å². The maximum absolute atomic E-state index is 13.0. The topological polar surface area (TPSA) is 101 Å². The molecule has 1 heterocycles.